The number of anilines is 2. The molecule has 4 N–H and O–H groups in total. The standard InChI is InChI=1S/C20H21N3O3/c1-12(2)14-5-3-13(4-6-14)9-18-20(25)23(11-19(22)24)16-8-7-15(21)10-17(16)26-18/h3-10,12H,11,21H2,1-2H3,(H2,22,24)/b18-9+. The highest BCUT2D eigenvalue weighted by molar-refractivity contribution is 6.12. The van der Waals surface area contributed by atoms with E-state index >= 15 is 0 Å². The summed E-state index contributed by atoms with van der Waals surface area (Å²) in [6, 6.07) is 12.8. The molecule has 0 aromatic heterocycles. The van der Waals surface area contributed by atoms with Gasteiger partial charge in [0.25, 0.3) is 5.91 Å². The SMILES string of the molecule is CC(C)c1ccc(/C=C2/Oc3cc(N)ccc3N(CC(N)=O)C2=O)cc1. The minimum Gasteiger partial charge on any atom is -0.449 e. The Bertz CT molecular complexity index is 886. The average Bonchev–Trinajstić information content (AvgIpc) is 2.58. The smallest absolute Gasteiger partial charge is 0.294 e. The van der Waals surface area contributed by atoms with E-state index in [4.69, 9.17) is 16.2 Å². The largest absolute Gasteiger partial charge is 0.449 e. The number of fused-ring (bicyclic) bond motifs is 1. The summed E-state index contributed by atoms with van der Waals surface area (Å²) in [5.74, 6) is -0.0830. The van der Waals surface area contributed by atoms with Gasteiger partial charge in [-0.05, 0) is 35.3 Å². The summed E-state index contributed by atoms with van der Waals surface area (Å²) in [7, 11) is 0. The number of ether oxygens (including phenoxy) is 1. The summed E-state index contributed by atoms with van der Waals surface area (Å²) < 4.78 is 5.76. The molecule has 2 amide bonds. The molecular weight excluding hydrogens is 330 g/mol. The number of nitrogens with zero attached hydrogens (tertiary/aromatic N) is 1. The molecule has 6 nitrogen and oxygen atoms in total. The molecule has 0 spiro atoms. The van der Waals surface area contributed by atoms with E-state index in [1.165, 1.54) is 10.5 Å². The molecule has 0 unspecified atom stereocenters. The van der Waals surface area contributed by atoms with Gasteiger partial charge in [0.05, 0.1) is 5.69 Å². The minimum atomic E-state index is -0.608. The van der Waals surface area contributed by atoms with Crippen molar-refractivity contribution in [1.82, 2.24) is 0 Å². The van der Waals surface area contributed by atoms with Gasteiger partial charge in [0, 0.05) is 11.8 Å². The van der Waals surface area contributed by atoms with Crippen molar-refractivity contribution in [2.75, 3.05) is 17.2 Å². The van der Waals surface area contributed by atoms with Crippen molar-refractivity contribution in [3.8, 4) is 5.75 Å². The van der Waals surface area contributed by atoms with Gasteiger partial charge in [0.1, 0.15) is 6.54 Å². The molecule has 1 heterocycles. The molecule has 2 aromatic carbocycles. The second kappa shape index (κ2) is 6.92. The van der Waals surface area contributed by atoms with Crippen LogP contribution in [0, 0.1) is 0 Å². The zero-order valence-electron chi connectivity index (χ0n) is 14.7. The van der Waals surface area contributed by atoms with Gasteiger partial charge in [-0.3, -0.25) is 14.5 Å². The molecule has 0 radical (unpaired) electrons. The van der Waals surface area contributed by atoms with E-state index in [-0.39, 0.29) is 12.3 Å². The number of hydrogen-bond donors (Lipinski definition) is 2. The zero-order valence-corrected chi connectivity index (χ0v) is 14.7. The lowest BCUT2D eigenvalue weighted by Crippen LogP contribution is -2.42. The van der Waals surface area contributed by atoms with Crippen molar-refractivity contribution in [1.29, 1.82) is 0 Å². The first-order valence-electron chi connectivity index (χ1n) is 8.34. The first-order valence-corrected chi connectivity index (χ1v) is 8.34. The second-order valence-electron chi connectivity index (χ2n) is 6.52. The first kappa shape index (κ1) is 17.5. The minimum absolute atomic E-state index is 0.113. The van der Waals surface area contributed by atoms with E-state index in [0.717, 1.165) is 5.56 Å². The van der Waals surface area contributed by atoms with Crippen LogP contribution in [0.25, 0.3) is 6.08 Å². The van der Waals surface area contributed by atoms with Gasteiger partial charge in [0.15, 0.2) is 11.5 Å². The fourth-order valence-corrected chi connectivity index (χ4v) is 2.77. The van der Waals surface area contributed by atoms with Crippen LogP contribution in [0.2, 0.25) is 0 Å². The van der Waals surface area contributed by atoms with Crippen molar-refractivity contribution >= 4 is 29.3 Å². The van der Waals surface area contributed by atoms with E-state index in [1.807, 2.05) is 24.3 Å². The Labute approximate surface area is 152 Å². The van der Waals surface area contributed by atoms with Gasteiger partial charge in [-0.2, -0.15) is 0 Å². The lowest BCUT2D eigenvalue weighted by atomic mass is 10.0. The summed E-state index contributed by atoms with van der Waals surface area (Å²) in [6.45, 7) is 4.00. The quantitative estimate of drug-likeness (QED) is 0.653. The number of amides is 2. The van der Waals surface area contributed by atoms with E-state index in [1.54, 1.807) is 24.3 Å². The van der Waals surface area contributed by atoms with Gasteiger partial charge in [-0.15, -0.1) is 0 Å². The lowest BCUT2D eigenvalue weighted by molar-refractivity contribution is -0.121. The van der Waals surface area contributed by atoms with Gasteiger partial charge >= 0.3 is 0 Å². The molecule has 6 heteroatoms. The first-order chi connectivity index (χ1) is 12.3. The van der Waals surface area contributed by atoms with Crippen LogP contribution in [0.5, 0.6) is 5.75 Å². The summed E-state index contributed by atoms with van der Waals surface area (Å²) in [5, 5.41) is 0. The van der Waals surface area contributed by atoms with Crippen LogP contribution < -0.4 is 21.1 Å². The topological polar surface area (TPSA) is 98.7 Å². The molecule has 2 aromatic rings. The number of hydrogen-bond acceptors (Lipinski definition) is 4. The summed E-state index contributed by atoms with van der Waals surface area (Å²) in [4.78, 5) is 25.5. The van der Waals surface area contributed by atoms with Crippen LogP contribution in [-0.2, 0) is 9.59 Å². The van der Waals surface area contributed by atoms with Gasteiger partial charge < -0.3 is 16.2 Å². The van der Waals surface area contributed by atoms with E-state index < -0.39 is 11.8 Å². The summed E-state index contributed by atoms with van der Waals surface area (Å²) in [6.07, 6.45) is 1.65. The maximum Gasteiger partial charge on any atom is 0.294 e. The molecule has 0 aliphatic carbocycles. The summed E-state index contributed by atoms with van der Waals surface area (Å²) >= 11 is 0. The molecule has 1 aliphatic rings. The lowest BCUT2D eigenvalue weighted by Gasteiger charge is -2.29. The molecule has 26 heavy (non-hydrogen) atoms. The highest BCUT2D eigenvalue weighted by Gasteiger charge is 2.31. The fourth-order valence-electron chi connectivity index (χ4n) is 2.77. The maximum atomic E-state index is 12.8. The number of benzene rings is 2. The molecule has 134 valence electrons. The maximum absolute atomic E-state index is 12.8. The predicted molar refractivity (Wildman–Crippen MR) is 102 cm³/mol. The van der Waals surface area contributed by atoms with Crippen molar-refractivity contribution < 1.29 is 14.3 Å². The van der Waals surface area contributed by atoms with Crippen molar-refractivity contribution in [2.45, 2.75) is 19.8 Å². The van der Waals surface area contributed by atoms with Crippen LogP contribution in [0.15, 0.2) is 48.2 Å². The molecule has 3 rings (SSSR count). The van der Waals surface area contributed by atoms with Crippen LogP contribution in [0.4, 0.5) is 11.4 Å². The molecule has 1 aliphatic heterocycles. The zero-order chi connectivity index (χ0) is 18.8. The highest BCUT2D eigenvalue weighted by Crippen LogP contribution is 2.37. The van der Waals surface area contributed by atoms with Crippen LogP contribution >= 0.6 is 0 Å². The Morgan fingerprint density at radius 2 is 1.88 bits per heavy atom. The summed E-state index contributed by atoms with van der Waals surface area (Å²) in [5.41, 5.74) is 14.1. The third-order valence-electron chi connectivity index (χ3n) is 4.17. The number of nitrogen functional groups attached to an aromatic ring is 1. The third kappa shape index (κ3) is 3.54. The highest BCUT2D eigenvalue weighted by atomic mass is 16.5. The van der Waals surface area contributed by atoms with Crippen molar-refractivity contribution in [3.05, 3.63) is 59.4 Å². The fraction of sp³-hybridized carbons (Fsp3) is 0.200. The van der Waals surface area contributed by atoms with E-state index in [0.29, 0.717) is 23.0 Å². The Morgan fingerprint density at radius 3 is 2.50 bits per heavy atom. The number of rotatable bonds is 4. The van der Waals surface area contributed by atoms with Crippen LogP contribution in [0.3, 0.4) is 0 Å². The average molecular weight is 351 g/mol. The molecule has 0 saturated heterocycles. The number of primary amides is 1. The van der Waals surface area contributed by atoms with E-state index in [2.05, 4.69) is 13.8 Å². The van der Waals surface area contributed by atoms with Crippen molar-refractivity contribution in [3.63, 3.8) is 0 Å². The Balaban J connectivity index is 1.99. The van der Waals surface area contributed by atoms with E-state index in [9.17, 15) is 9.59 Å². The predicted octanol–water partition coefficient (Wildman–Crippen LogP) is 2.64. The Morgan fingerprint density at radius 1 is 1.19 bits per heavy atom. The third-order valence-corrected chi connectivity index (χ3v) is 4.17. The Kier molecular flexibility index (Phi) is 4.67. The molecule has 0 atom stereocenters. The normalized spacial score (nSPS) is 15.1. The molecular formula is C20H21N3O3. The van der Waals surface area contributed by atoms with Gasteiger partial charge in [-0.25, -0.2) is 0 Å². The van der Waals surface area contributed by atoms with Crippen LogP contribution in [0.1, 0.15) is 30.9 Å². The number of carbonyl (C=O) groups is 2. The van der Waals surface area contributed by atoms with Gasteiger partial charge in [0.2, 0.25) is 5.91 Å². The second-order valence-corrected chi connectivity index (χ2v) is 6.52. The van der Waals surface area contributed by atoms with Crippen molar-refractivity contribution in [2.24, 2.45) is 5.73 Å². The van der Waals surface area contributed by atoms with Crippen LogP contribution in [-0.4, -0.2) is 18.4 Å². The molecule has 0 fully saturated rings. The number of nitrogens with two attached hydrogens (primary N) is 2. The monoisotopic (exact) mass is 351 g/mol. The number of carbonyl (C=O) groups excluding carboxylic acids is 2. The van der Waals surface area contributed by atoms with Gasteiger partial charge in [-0.1, -0.05) is 38.1 Å². The molecule has 0 bridgehead atoms. The molecule has 0 saturated carbocycles. The Hall–Kier alpha value is -3.28.